The number of para-hydroxylation sites is 1. The van der Waals surface area contributed by atoms with Crippen molar-refractivity contribution < 1.29 is 9.32 Å². The number of nitrogens with zero attached hydrogens (tertiary/aromatic N) is 1. The SMILES string of the molecule is Cc1noc(C)c1CNC(=O)CNc1ccccc1. The van der Waals surface area contributed by atoms with Gasteiger partial charge >= 0.3 is 0 Å². The first-order chi connectivity index (χ1) is 9.16. The van der Waals surface area contributed by atoms with E-state index in [1.807, 2.05) is 44.2 Å². The molecule has 0 spiro atoms. The van der Waals surface area contributed by atoms with Gasteiger partial charge in [-0.15, -0.1) is 0 Å². The molecule has 0 bridgehead atoms. The molecule has 1 aromatic carbocycles. The van der Waals surface area contributed by atoms with Gasteiger partial charge in [0, 0.05) is 17.8 Å². The van der Waals surface area contributed by atoms with Crippen LogP contribution in [0.3, 0.4) is 0 Å². The largest absolute Gasteiger partial charge is 0.376 e. The van der Waals surface area contributed by atoms with Gasteiger partial charge in [-0.25, -0.2) is 0 Å². The average Bonchev–Trinajstić information content (AvgIpc) is 2.75. The summed E-state index contributed by atoms with van der Waals surface area (Å²) in [6.07, 6.45) is 0. The van der Waals surface area contributed by atoms with Crippen LogP contribution in [0.2, 0.25) is 0 Å². The summed E-state index contributed by atoms with van der Waals surface area (Å²) in [7, 11) is 0. The van der Waals surface area contributed by atoms with Gasteiger partial charge in [0.25, 0.3) is 0 Å². The first-order valence-corrected chi connectivity index (χ1v) is 6.14. The molecule has 2 aromatic rings. The van der Waals surface area contributed by atoms with Crippen LogP contribution in [0, 0.1) is 13.8 Å². The molecule has 2 rings (SSSR count). The van der Waals surface area contributed by atoms with Crippen LogP contribution in [0.1, 0.15) is 17.0 Å². The molecule has 5 heteroatoms. The van der Waals surface area contributed by atoms with E-state index in [1.165, 1.54) is 0 Å². The Bertz CT molecular complexity index is 530. The lowest BCUT2D eigenvalue weighted by Crippen LogP contribution is -2.29. The van der Waals surface area contributed by atoms with Gasteiger partial charge in [-0.05, 0) is 26.0 Å². The zero-order chi connectivity index (χ0) is 13.7. The van der Waals surface area contributed by atoms with Crippen molar-refractivity contribution in [2.24, 2.45) is 0 Å². The minimum absolute atomic E-state index is 0.0659. The molecule has 19 heavy (non-hydrogen) atoms. The molecule has 0 fully saturated rings. The van der Waals surface area contributed by atoms with E-state index in [0.717, 1.165) is 22.7 Å². The Labute approximate surface area is 112 Å². The summed E-state index contributed by atoms with van der Waals surface area (Å²) >= 11 is 0. The van der Waals surface area contributed by atoms with Crippen molar-refractivity contribution in [3.63, 3.8) is 0 Å². The Morgan fingerprint density at radius 3 is 2.63 bits per heavy atom. The van der Waals surface area contributed by atoms with Gasteiger partial charge in [-0.3, -0.25) is 4.79 Å². The smallest absolute Gasteiger partial charge is 0.239 e. The van der Waals surface area contributed by atoms with Gasteiger partial charge in [0.05, 0.1) is 12.2 Å². The number of anilines is 1. The fourth-order valence-electron chi connectivity index (χ4n) is 1.74. The standard InChI is InChI=1S/C14H17N3O2/c1-10-13(11(2)19-17-10)8-16-14(18)9-15-12-6-4-3-5-7-12/h3-7,15H,8-9H2,1-2H3,(H,16,18). The van der Waals surface area contributed by atoms with Gasteiger partial charge in [0.15, 0.2) is 0 Å². The number of hydrogen-bond donors (Lipinski definition) is 2. The van der Waals surface area contributed by atoms with Gasteiger partial charge in [-0.1, -0.05) is 23.4 Å². The summed E-state index contributed by atoms with van der Waals surface area (Å²) in [5.74, 6) is 0.678. The van der Waals surface area contributed by atoms with Crippen molar-refractivity contribution in [3.05, 3.63) is 47.3 Å². The molecule has 0 atom stereocenters. The number of carbonyl (C=O) groups excluding carboxylic acids is 1. The van der Waals surface area contributed by atoms with E-state index in [0.29, 0.717) is 6.54 Å². The Morgan fingerprint density at radius 2 is 2.00 bits per heavy atom. The van der Waals surface area contributed by atoms with Crippen LogP contribution in [0.4, 0.5) is 5.69 Å². The van der Waals surface area contributed by atoms with Crippen LogP contribution in [-0.2, 0) is 11.3 Å². The van der Waals surface area contributed by atoms with Crippen LogP contribution >= 0.6 is 0 Å². The number of aromatic nitrogens is 1. The number of rotatable bonds is 5. The lowest BCUT2D eigenvalue weighted by molar-refractivity contribution is -0.119. The third-order valence-electron chi connectivity index (χ3n) is 2.87. The van der Waals surface area contributed by atoms with Crippen LogP contribution in [-0.4, -0.2) is 17.6 Å². The number of benzene rings is 1. The van der Waals surface area contributed by atoms with Crippen molar-refractivity contribution in [2.75, 3.05) is 11.9 Å². The summed E-state index contributed by atoms with van der Waals surface area (Å²) in [5.41, 5.74) is 2.68. The second-order valence-corrected chi connectivity index (χ2v) is 4.30. The fraction of sp³-hybridized carbons (Fsp3) is 0.286. The lowest BCUT2D eigenvalue weighted by atomic mass is 10.2. The van der Waals surface area contributed by atoms with Gasteiger partial charge in [0.1, 0.15) is 5.76 Å². The number of nitrogens with one attached hydrogen (secondary N) is 2. The predicted molar refractivity (Wildman–Crippen MR) is 72.8 cm³/mol. The van der Waals surface area contributed by atoms with E-state index < -0.39 is 0 Å². The Balaban J connectivity index is 1.79. The molecule has 2 N–H and O–H groups in total. The Morgan fingerprint density at radius 1 is 1.26 bits per heavy atom. The summed E-state index contributed by atoms with van der Waals surface area (Å²) in [4.78, 5) is 11.7. The quantitative estimate of drug-likeness (QED) is 0.862. The molecule has 0 saturated heterocycles. The van der Waals surface area contributed by atoms with E-state index in [2.05, 4.69) is 15.8 Å². The summed E-state index contributed by atoms with van der Waals surface area (Å²) in [5, 5.41) is 9.73. The van der Waals surface area contributed by atoms with E-state index >= 15 is 0 Å². The number of amides is 1. The van der Waals surface area contributed by atoms with Crippen molar-refractivity contribution in [3.8, 4) is 0 Å². The minimum atomic E-state index is -0.0659. The molecule has 1 heterocycles. The second-order valence-electron chi connectivity index (χ2n) is 4.30. The number of carbonyl (C=O) groups is 1. The maximum Gasteiger partial charge on any atom is 0.239 e. The van der Waals surface area contributed by atoms with Crippen LogP contribution < -0.4 is 10.6 Å². The fourth-order valence-corrected chi connectivity index (χ4v) is 1.74. The maximum absolute atomic E-state index is 11.7. The summed E-state index contributed by atoms with van der Waals surface area (Å²) < 4.78 is 5.04. The van der Waals surface area contributed by atoms with Crippen LogP contribution in [0.5, 0.6) is 0 Å². The molecular weight excluding hydrogens is 242 g/mol. The highest BCUT2D eigenvalue weighted by atomic mass is 16.5. The van der Waals surface area contributed by atoms with Crippen molar-refractivity contribution in [1.29, 1.82) is 0 Å². The average molecular weight is 259 g/mol. The summed E-state index contributed by atoms with van der Waals surface area (Å²) in [6, 6.07) is 9.61. The molecule has 0 unspecified atom stereocenters. The Hall–Kier alpha value is -2.30. The topological polar surface area (TPSA) is 67.2 Å². The first-order valence-electron chi connectivity index (χ1n) is 6.14. The maximum atomic E-state index is 11.7. The van der Waals surface area contributed by atoms with E-state index in [9.17, 15) is 4.79 Å². The molecule has 100 valence electrons. The highest BCUT2D eigenvalue weighted by Crippen LogP contribution is 2.11. The van der Waals surface area contributed by atoms with E-state index in [4.69, 9.17) is 4.52 Å². The van der Waals surface area contributed by atoms with Crippen LogP contribution in [0.25, 0.3) is 0 Å². The molecule has 0 aliphatic rings. The van der Waals surface area contributed by atoms with Crippen molar-refractivity contribution in [1.82, 2.24) is 10.5 Å². The van der Waals surface area contributed by atoms with Crippen LogP contribution in [0.15, 0.2) is 34.9 Å². The molecule has 0 saturated carbocycles. The number of aryl methyl sites for hydroxylation is 2. The van der Waals surface area contributed by atoms with Crippen molar-refractivity contribution in [2.45, 2.75) is 20.4 Å². The third-order valence-corrected chi connectivity index (χ3v) is 2.87. The molecule has 1 aromatic heterocycles. The van der Waals surface area contributed by atoms with E-state index in [-0.39, 0.29) is 12.5 Å². The highest BCUT2D eigenvalue weighted by Gasteiger charge is 2.09. The molecule has 1 amide bonds. The second kappa shape index (κ2) is 6.04. The lowest BCUT2D eigenvalue weighted by Gasteiger charge is -2.07. The monoisotopic (exact) mass is 259 g/mol. The van der Waals surface area contributed by atoms with E-state index in [1.54, 1.807) is 0 Å². The highest BCUT2D eigenvalue weighted by molar-refractivity contribution is 5.80. The predicted octanol–water partition coefficient (Wildman–Crippen LogP) is 2.02. The number of hydrogen-bond acceptors (Lipinski definition) is 4. The zero-order valence-corrected chi connectivity index (χ0v) is 11.1. The molecule has 0 radical (unpaired) electrons. The first kappa shape index (κ1) is 13.1. The van der Waals surface area contributed by atoms with Gasteiger partial charge < -0.3 is 15.2 Å². The van der Waals surface area contributed by atoms with Crippen molar-refractivity contribution >= 4 is 11.6 Å². The minimum Gasteiger partial charge on any atom is -0.376 e. The summed E-state index contributed by atoms with van der Waals surface area (Å²) in [6.45, 7) is 4.38. The normalized spacial score (nSPS) is 10.2. The molecule has 0 aliphatic heterocycles. The van der Waals surface area contributed by atoms with Gasteiger partial charge in [-0.2, -0.15) is 0 Å². The Kier molecular flexibility index (Phi) is 4.18. The molecule has 5 nitrogen and oxygen atoms in total. The molecule has 0 aliphatic carbocycles. The third kappa shape index (κ3) is 3.58. The molecular formula is C14H17N3O2. The zero-order valence-electron chi connectivity index (χ0n) is 11.1. The van der Waals surface area contributed by atoms with Gasteiger partial charge in [0.2, 0.25) is 5.91 Å².